The highest BCUT2D eigenvalue weighted by Gasteiger charge is 2.21. The smallest absolute Gasteiger partial charge is 0.296 e. The number of ketones is 1. The molecule has 1 heterocycles. The molecule has 32 heavy (non-hydrogen) atoms. The Morgan fingerprint density at radius 3 is 2.59 bits per heavy atom. The summed E-state index contributed by atoms with van der Waals surface area (Å²) in [5.41, 5.74) is 1.67. The lowest BCUT2D eigenvalue weighted by Crippen LogP contribution is -2.38. The fourth-order valence-corrected chi connectivity index (χ4v) is 3.91. The van der Waals surface area contributed by atoms with Gasteiger partial charge in [-0.2, -0.15) is 0 Å². The second kappa shape index (κ2) is 10.1. The average molecular weight is 453 g/mol. The Labute approximate surface area is 192 Å². The molecule has 166 valence electrons. The summed E-state index contributed by atoms with van der Waals surface area (Å²) in [4.78, 5) is 28.0. The Hall–Kier alpha value is -2.93. The van der Waals surface area contributed by atoms with Gasteiger partial charge in [0.25, 0.3) is 11.7 Å². The van der Waals surface area contributed by atoms with E-state index in [2.05, 4.69) is 10.2 Å². The molecule has 1 saturated heterocycles. The van der Waals surface area contributed by atoms with Crippen molar-refractivity contribution in [2.75, 3.05) is 44.8 Å². The second-order valence-electron chi connectivity index (χ2n) is 7.70. The standard InChI is InChI=1S/C25H25ClN2O4/c1-17-6-7-18(26)16-22(17)27-25(30)24(29)21-8-9-23(20-5-3-2-4-19(20)21)32-15-12-28-10-13-31-14-11-28/h2-9,16H,10-15H2,1H3,(H,27,30). The Balaban J connectivity index is 1.51. The largest absolute Gasteiger partial charge is 0.492 e. The first-order valence-electron chi connectivity index (χ1n) is 10.6. The third-order valence-electron chi connectivity index (χ3n) is 5.55. The first kappa shape index (κ1) is 22.3. The highest BCUT2D eigenvalue weighted by atomic mass is 35.5. The molecule has 6 nitrogen and oxygen atoms in total. The van der Waals surface area contributed by atoms with Crippen LogP contribution in [0, 0.1) is 6.92 Å². The van der Waals surface area contributed by atoms with Crippen LogP contribution in [0.25, 0.3) is 10.8 Å². The maximum atomic E-state index is 13.0. The van der Waals surface area contributed by atoms with Gasteiger partial charge in [0.05, 0.1) is 13.2 Å². The molecule has 0 aromatic heterocycles. The van der Waals surface area contributed by atoms with Gasteiger partial charge in [-0.25, -0.2) is 0 Å². The van der Waals surface area contributed by atoms with Crippen LogP contribution in [0.1, 0.15) is 15.9 Å². The third-order valence-corrected chi connectivity index (χ3v) is 5.79. The van der Waals surface area contributed by atoms with Gasteiger partial charge >= 0.3 is 0 Å². The number of ether oxygens (including phenoxy) is 2. The lowest BCUT2D eigenvalue weighted by Gasteiger charge is -2.26. The van der Waals surface area contributed by atoms with Gasteiger partial charge in [0.1, 0.15) is 12.4 Å². The summed E-state index contributed by atoms with van der Waals surface area (Å²) in [7, 11) is 0. The number of rotatable bonds is 7. The van der Waals surface area contributed by atoms with E-state index in [0.29, 0.717) is 34.0 Å². The fraction of sp³-hybridized carbons (Fsp3) is 0.280. The van der Waals surface area contributed by atoms with Gasteiger partial charge in [0.2, 0.25) is 0 Å². The topological polar surface area (TPSA) is 67.9 Å². The van der Waals surface area contributed by atoms with E-state index in [0.717, 1.165) is 43.8 Å². The quantitative estimate of drug-likeness (QED) is 0.427. The van der Waals surface area contributed by atoms with Crippen molar-refractivity contribution < 1.29 is 19.1 Å². The number of nitrogens with one attached hydrogen (secondary N) is 1. The van der Waals surface area contributed by atoms with Gasteiger partial charge in [0, 0.05) is 41.3 Å². The summed E-state index contributed by atoms with van der Waals surface area (Å²) in [6, 6.07) is 16.0. The van der Waals surface area contributed by atoms with Gasteiger partial charge in [0.15, 0.2) is 0 Å². The van der Waals surface area contributed by atoms with Crippen molar-refractivity contribution in [1.29, 1.82) is 0 Å². The van der Waals surface area contributed by atoms with Gasteiger partial charge in [-0.15, -0.1) is 0 Å². The van der Waals surface area contributed by atoms with Gasteiger partial charge in [-0.1, -0.05) is 41.9 Å². The van der Waals surface area contributed by atoms with E-state index in [4.69, 9.17) is 21.1 Å². The number of halogens is 1. The van der Waals surface area contributed by atoms with Gasteiger partial charge in [-0.05, 0) is 42.1 Å². The summed E-state index contributed by atoms with van der Waals surface area (Å²) >= 11 is 6.02. The van der Waals surface area contributed by atoms with Crippen molar-refractivity contribution in [3.63, 3.8) is 0 Å². The van der Waals surface area contributed by atoms with E-state index in [1.165, 1.54) is 0 Å². The minimum absolute atomic E-state index is 0.332. The van der Waals surface area contributed by atoms with Crippen molar-refractivity contribution in [1.82, 2.24) is 4.90 Å². The minimum atomic E-state index is -0.707. The normalized spacial score (nSPS) is 14.3. The maximum Gasteiger partial charge on any atom is 0.296 e. The molecule has 3 aromatic rings. The first-order chi connectivity index (χ1) is 15.5. The number of anilines is 1. The molecular formula is C25H25ClN2O4. The van der Waals surface area contributed by atoms with Gasteiger partial charge < -0.3 is 14.8 Å². The summed E-state index contributed by atoms with van der Waals surface area (Å²) in [5.74, 6) is -0.626. The van der Waals surface area contributed by atoms with Gasteiger partial charge in [-0.3, -0.25) is 14.5 Å². The molecule has 0 radical (unpaired) electrons. The zero-order valence-corrected chi connectivity index (χ0v) is 18.7. The van der Waals surface area contributed by atoms with Crippen LogP contribution in [0.3, 0.4) is 0 Å². The van der Waals surface area contributed by atoms with Crippen molar-refractivity contribution in [2.24, 2.45) is 0 Å². The SMILES string of the molecule is Cc1ccc(Cl)cc1NC(=O)C(=O)c1ccc(OCCN2CCOCC2)c2ccccc12. The summed E-state index contributed by atoms with van der Waals surface area (Å²) in [5, 5.41) is 4.65. The van der Waals surface area contributed by atoms with Crippen LogP contribution in [0.5, 0.6) is 5.75 Å². The van der Waals surface area contributed by atoms with Crippen molar-refractivity contribution in [3.8, 4) is 5.75 Å². The van der Waals surface area contributed by atoms with Crippen molar-refractivity contribution >= 4 is 39.8 Å². The van der Waals surface area contributed by atoms with E-state index in [1.54, 1.807) is 30.3 Å². The lowest BCUT2D eigenvalue weighted by molar-refractivity contribution is -0.112. The predicted octanol–water partition coefficient (Wildman–Crippen LogP) is 4.33. The zero-order chi connectivity index (χ0) is 22.5. The Bertz CT molecular complexity index is 1140. The number of morpholine rings is 1. The average Bonchev–Trinajstić information content (AvgIpc) is 2.81. The van der Waals surface area contributed by atoms with Crippen LogP contribution in [-0.2, 0) is 9.53 Å². The van der Waals surface area contributed by atoms with E-state index < -0.39 is 11.7 Å². The van der Waals surface area contributed by atoms with Crippen LogP contribution >= 0.6 is 11.6 Å². The zero-order valence-electron chi connectivity index (χ0n) is 17.9. The van der Waals surface area contributed by atoms with Crippen LogP contribution in [0.2, 0.25) is 5.02 Å². The Kier molecular flexibility index (Phi) is 7.05. The monoisotopic (exact) mass is 452 g/mol. The molecular weight excluding hydrogens is 428 g/mol. The Morgan fingerprint density at radius 1 is 1.06 bits per heavy atom. The number of carbonyl (C=O) groups is 2. The van der Waals surface area contributed by atoms with Crippen LogP contribution in [-0.4, -0.2) is 56.0 Å². The molecule has 1 aliphatic heterocycles. The number of hydrogen-bond acceptors (Lipinski definition) is 5. The number of Topliss-reactive ketones (excluding diaryl/α,β-unsaturated/α-hetero) is 1. The number of hydrogen-bond donors (Lipinski definition) is 1. The van der Waals surface area contributed by atoms with Crippen molar-refractivity contribution in [2.45, 2.75) is 6.92 Å². The Morgan fingerprint density at radius 2 is 1.81 bits per heavy atom. The highest BCUT2D eigenvalue weighted by Crippen LogP contribution is 2.29. The van der Waals surface area contributed by atoms with E-state index in [9.17, 15) is 9.59 Å². The molecule has 0 aliphatic carbocycles. The predicted molar refractivity (Wildman–Crippen MR) is 126 cm³/mol. The van der Waals surface area contributed by atoms with E-state index in [1.807, 2.05) is 31.2 Å². The highest BCUT2D eigenvalue weighted by molar-refractivity contribution is 6.48. The third kappa shape index (κ3) is 5.10. The molecule has 0 saturated carbocycles. The number of fused-ring (bicyclic) bond motifs is 1. The summed E-state index contributed by atoms with van der Waals surface area (Å²) in [6.07, 6.45) is 0. The van der Waals surface area contributed by atoms with E-state index in [-0.39, 0.29) is 0 Å². The number of aryl methyl sites for hydroxylation is 1. The van der Waals surface area contributed by atoms with E-state index >= 15 is 0 Å². The first-order valence-corrected chi connectivity index (χ1v) is 11.0. The summed E-state index contributed by atoms with van der Waals surface area (Å²) in [6.45, 7) is 6.48. The molecule has 1 aliphatic rings. The minimum Gasteiger partial charge on any atom is -0.492 e. The molecule has 0 unspecified atom stereocenters. The molecule has 0 bridgehead atoms. The molecule has 1 fully saturated rings. The van der Waals surface area contributed by atoms with Crippen LogP contribution in [0.15, 0.2) is 54.6 Å². The fourth-order valence-electron chi connectivity index (χ4n) is 3.74. The molecule has 1 N–H and O–H groups in total. The lowest BCUT2D eigenvalue weighted by atomic mass is 10.00. The molecule has 0 spiro atoms. The number of nitrogens with zero attached hydrogens (tertiary/aromatic N) is 1. The molecule has 0 atom stereocenters. The molecule has 3 aromatic carbocycles. The van der Waals surface area contributed by atoms with Crippen LogP contribution < -0.4 is 10.1 Å². The maximum absolute atomic E-state index is 13.0. The van der Waals surface area contributed by atoms with Crippen LogP contribution in [0.4, 0.5) is 5.69 Å². The second-order valence-corrected chi connectivity index (χ2v) is 8.14. The molecule has 7 heteroatoms. The molecule has 4 rings (SSSR count). The molecule has 1 amide bonds. The number of amides is 1. The van der Waals surface area contributed by atoms with Crippen molar-refractivity contribution in [3.05, 3.63) is 70.7 Å². The number of benzene rings is 3. The number of carbonyl (C=O) groups excluding carboxylic acids is 2. The summed E-state index contributed by atoms with van der Waals surface area (Å²) < 4.78 is 11.4.